The van der Waals surface area contributed by atoms with Gasteiger partial charge in [0.15, 0.2) is 0 Å². The number of halogens is 1. The summed E-state index contributed by atoms with van der Waals surface area (Å²) in [4.78, 5) is 4.44. The van der Waals surface area contributed by atoms with E-state index in [1.807, 2.05) is 37.3 Å². The maximum Gasteiger partial charge on any atom is 0.219 e. The Bertz CT molecular complexity index is 611. The lowest BCUT2D eigenvalue weighted by atomic mass is 10.2. The van der Waals surface area contributed by atoms with Gasteiger partial charge in [0.25, 0.3) is 0 Å². The number of nitrogens with zero attached hydrogens (tertiary/aromatic N) is 1. The zero-order valence-corrected chi connectivity index (χ0v) is 13.0. The Morgan fingerprint density at radius 2 is 2.15 bits per heavy atom. The first kappa shape index (κ1) is 13.6. The molecule has 1 aliphatic rings. The summed E-state index contributed by atoms with van der Waals surface area (Å²) in [6, 6.07) is 12.6. The van der Waals surface area contributed by atoms with Gasteiger partial charge in [-0.2, -0.15) is 0 Å². The van der Waals surface area contributed by atoms with Crippen molar-refractivity contribution in [3.05, 3.63) is 52.1 Å². The highest BCUT2D eigenvalue weighted by Crippen LogP contribution is 2.25. The maximum atomic E-state index is 5.83. The smallest absolute Gasteiger partial charge is 0.219 e. The van der Waals surface area contributed by atoms with E-state index in [1.165, 1.54) is 18.4 Å². The van der Waals surface area contributed by atoms with Gasteiger partial charge in [-0.15, -0.1) is 0 Å². The van der Waals surface area contributed by atoms with E-state index in [1.54, 1.807) is 0 Å². The second-order valence-corrected chi connectivity index (χ2v) is 6.09. The summed E-state index contributed by atoms with van der Waals surface area (Å²) in [7, 11) is 0. The highest BCUT2D eigenvalue weighted by molar-refractivity contribution is 9.10. The Balaban J connectivity index is 1.74. The molecule has 1 heterocycles. The molecule has 0 spiro atoms. The number of aryl methyl sites for hydroxylation is 1. The zero-order chi connectivity index (χ0) is 13.9. The van der Waals surface area contributed by atoms with E-state index in [-0.39, 0.29) is 0 Å². The predicted octanol–water partition coefficient (Wildman–Crippen LogP) is 4.20. The first-order chi connectivity index (χ1) is 9.69. The minimum Gasteiger partial charge on any atom is -0.439 e. The molecule has 1 fully saturated rings. The van der Waals surface area contributed by atoms with E-state index in [0.29, 0.717) is 11.9 Å². The summed E-state index contributed by atoms with van der Waals surface area (Å²) in [5, 5.41) is 3.51. The fourth-order valence-electron chi connectivity index (χ4n) is 2.06. The maximum absolute atomic E-state index is 5.83. The van der Waals surface area contributed by atoms with Gasteiger partial charge >= 0.3 is 0 Å². The highest BCUT2D eigenvalue weighted by Gasteiger charge is 2.20. The van der Waals surface area contributed by atoms with Crippen LogP contribution >= 0.6 is 15.9 Å². The number of rotatable bonds is 5. The van der Waals surface area contributed by atoms with Crippen LogP contribution in [-0.4, -0.2) is 11.0 Å². The molecule has 4 heteroatoms. The van der Waals surface area contributed by atoms with E-state index in [2.05, 4.69) is 32.3 Å². The van der Waals surface area contributed by atoms with Gasteiger partial charge in [0.2, 0.25) is 5.88 Å². The molecule has 0 saturated heterocycles. The number of hydrogen-bond donors (Lipinski definition) is 1. The van der Waals surface area contributed by atoms with Gasteiger partial charge in [-0.3, -0.25) is 0 Å². The lowest BCUT2D eigenvalue weighted by Gasteiger charge is -2.09. The quantitative estimate of drug-likeness (QED) is 0.891. The molecule has 1 saturated carbocycles. The Labute approximate surface area is 127 Å². The van der Waals surface area contributed by atoms with Gasteiger partial charge < -0.3 is 10.1 Å². The number of ether oxygens (including phenoxy) is 1. The van der Waals surface area contributed by atoms with E-state index >= 15 is 0 Å². The van der Waals surface area contributed by atoms with Crippen LogP contribution in [0, 0.1) is 6.92 Å². The van der Waals surface area contributed by atoms with Crippen molar-refractivity contribution < 1.29 is 4.74 Å². The van der Waals surface area contributed by atoms with Crippen molar-refractivity contribution in [3.63, 3.8) is 0 Å². The number of benzene rings is 1. The van der Waals surface area contributed by atoms with Crippen molar-refractivity contribution in [3.8, 4) is 11.6 Å². The number of pyridine rings is 1. The van der Waals surface area contributed by atoms with E-state index in [0.717, 1.165) is 22.5 Å². The Morgan fingerprint density at radius 3 is 2.90 bits per heavy atom. The summed E-state index contributed by atoms with van der Waals surface area (Å²) >= 11 is 3.44. The van der Waals surface area contributed by atoms with E-state index < -0.39 is 0 Å². The van der Waals surface area contributed by atoms with E-state index in [4.69, 9.17) is 4.74 Å². The molecule has 3 rings (SSSR count). The molecular weight excluding hydrogens is 316 g/mol. The third-order valence-electron chi connectivity index (χ3n) is 3.18. The first-order valence-electron chi connectivity index (χ1n) is 6.83. The molecule has 0 radical (unpaired) electrons. The molecule has 104 valence electrons. The Kier molecular flexibility index (Phi) is 4.03. The molecule has 2 aromatic rings. The fourth-order valence-corrected chi connectivity index (χ4v) is 2.44. The highest BCUT2D eigenvalue weighted by atomic mass is 79.9. The second-order valence-electron chi connectivity index (χ2n) is 5.17. The second kappa shape index (κ2) is 5.94. The average Bonchev–Trinajstić information content (AvgIpc) is 3.20. The van der Waals surface area contributed by atoms with Gasteiger partial charge in [-0.1, -0.05) is 22.0 Å². The van der Waals surface area contributed by atoms with Crippen molar-refractivity contribution >= 4 is 15.9 Å². The average molecular weight is 333 g/mol. The van der Waals surface area contributed by atoms with Gasteiger partial charge in [0.05, 0.1) is 0 Å². The summed E-state index contributed by atoms with van der Waals surface area (Å²) < 4.78 is 6.83. The molecule has 1 aliphatic carbocycles. The lowest BCUT2D eigenvalue weighted by molar-refractivity contribution is 0.460. The van der Waals surface area contributed by atoms with Crippen LogP contribution in [0.4, 0.5) is 0 Å². The van der Waals surface area contributed by atoms with Gasteiger partial charge in [0, 0.05) is 28.8 Å². The summed E-state index contributed by atoms with van der Waals surface area (Å²) in [6.45, 7) is 2.87. The molecular formula is C16H17BrN2O. The molecule has 0 bridgehead atoms. The van der Waals surface area contributed by atoms with Crippen LogP contribution in [0.15, 0.2) is 40.9 Å². The molecule has 0 unspecified atom stereocenters. The van der Waals surface area contributed by atoms with Crippen LogP contribution < -0.4 is 10.1 Å². The summed E-state index contributed by atoms with van der Waals surface area (Å²) in [6.07, 6.45) is 2.59. The zero-order valence-electron chi connectivity index (χ0n) is 11.4. The fraction of sp³-hybridized carbons (Fsp3) is 0.312. The largest absolute Gasteiger partial charge is 0.439 e. The topological polar surface area (TPSA) is 34.1 Å². The van der Waals surface area contributed by atoms with Crippen LogP contribution in [0.5, 0.6) is 11.6 Å². The number of aromatic nitrogens is 1. The molecule has 20 heavy (non-hydrogen) atoms. The third kappa shape index (κ3) is 3.81. The first-order valence-corrected chi connectivity index (χ1v) is 7.63. The summed E-state index contributed by atoms with van der Waals surface area (Å²) in [5.74, 6) is 1.44. The van der Waals surface area contributed by atoms with Crippen LogP contribution in [0.1, 0.15) is 24.1 Å². The molecule has 3 nitrogen and oxygen atoms in total. The molecule has 1 aromatic heterocycles. The van der Waals surface area contributed by atoms with Crippen LogP contribution in [0.25, 0.3) is 0 Å². The minimum absolute atomic E-state index is 0.649. The molecule has 0 amide bonds. The van der Waals surface area contributed by atoms with Crippen LogP contribution in [0.2, 0.25) is 0 Å². The predicted molar refractivity (Wildman–Crippen MR) is 83.1 cm³/mol. The normalized spacial score (nSPS) is 14.3. The van der Waals surface area contributed by atoms with E-state index in [9.17, 15) is 0 Å². The molecule has 0 aliphatic heterocycles. The monoisotopic (exact) mass is 332 g/mol. The SMILES string of the molecule is Cc1cc(CNC2CC2)cc(Oc2cccc(Br)c2)n1. The van der Waals surface area contributed by atoms with Crippen molar-refractivity contribution in [1.29, 1.82) is 0 Å². The van der Waals surface area contributed by atoms with Crippen molar-refractivity contribution in [2.75, 3.05) is 0 Å². The molecule has 0 atom stereocenters. The van der Waals surface area contributed by atoms with Gasteiger partial charge in [-0.25, -0.2) is 4.98 Å². The van der Waals surface area contributed by atoms with Gasteiger partial charge in [0.1, 0.15) is 5.75 Å². The van der Waals surface area contributed by atoms with Crippen LogP contribution in [-0.2, 0) is 6.54 Å². The standard InChI is InChI=1S/C16H17BrN2O/c1-11-7-12(10-18-14-5-6-14)8-16(19-11)20-15-4-2-3-13(17)9-15/h2-4,7-9,14,18H,5-6,10H2,1H3. The minimum atomic E-state index is 0.649. The Hall–Kier alpha value is -1.39. The third-order valence-corrected chi connectivity index (χ3v) is 3.67. The molecule has 1 N–H and O–H groups in total. The van der Waals surface area contributed by atoms with Crippen molar-refractivity contribution in [2.24, 2.45) is 0 Å². The number of hydrogen-bond acceptors (Lipinski definition) is 3. The Morgan fingerprint density at radius 1 is 1.30 bits per heavy atom. The summed E-state index contributed by atoms with van der Waals surface area (Å²) in [5.41, 5.74) is 2.19. The van der Waals surface area contributed by atoms with Crippen molar-refractivity contribution in [2.45, 2.75) is 32.4 Å². The van der Waals surface area contributed by atoms with Crippen molar-refractivity contribution in [1.82, 2.24) is 10.3 Å². The van der Waals surface area contributed by atoms with Gasteiger partial charge in [-0.05, 0) is 49.6 Å². The lowest BCUT2D eigenvalue weighted by Crippen LogP contribution is -2.15. The van der Waals surface area contributed by atoms with Crippen LogP contribution in [0.3, 0.4) is 0 Å². The number of nitrogens with one attached hydrogen (secondary N) is 1. The molecule has 1 aromatic carbocycles.